The van der Waals surface area contributed by atoms with Gasteiger partial charge in [0.2, 0.25) is 0 Å². The summed E-state index contributed by atoms with van der Waals surface area (Å²) in [6, 6.07) is 0.176. The topological polar surface area (TPSA) is 38.0 Å². The van der Waals surface area contributed by atoms with Crippen molar-refractivity contribution >= 4 is 0 Å². The van der Waals surface area contributed by atoms with Gasteiger partial charge in [-0.2, -0.15) is 0 Å². The Morgan fingerprint density at radius 2 is 2.00 bits per heavy atom. The van der Waals surface area contributed by atoms with Gasteiger partial charge in [0, 0.05) is 18.3 Å². The summed E-state index contributed by atoms with van der Waals surface area (Å²) in [5, 5.41) is 3.10. The SMILES string of the molecule is C=C1NCC(C)C1N.CCCC. The number of hydrogen-bond donors (Lipinski definition) is 2. The predicted molar refractivity (Wildman–Crippen MR) is 54.9 cm³/mol. The monoisotopic (exact) mass is 170 g/mol. The molecule has 0 aliphatic carbocycles. The summed E-state index contributed by atoms with van der Waals surface area (Å²) < 4.78 is 0. The lowest BCUT2D eigenvalue weighted by atomic mass is 10.1. The fourth-order valence-electron chi connectivity index (χ4n) is 0.880. The van der Waals surface area contributed by atoms with E-state index < -0.39 is 0 Å². The highest BCUT2D eigenvalue weighted by molar-refractivity contribution is 5.09. The molecule has 0 aromatic carbocycles. The van der Waals surface area contributed by atoms with E-state index in [1.807, 2.05) is 0 Å². The van der Waals surface area contributed by atoms with Crippen LogP contribution < -0.4 is 11.1 Å². The highest BCUT2D eigenvalue weighted by Gasteiger charge is 2.21. The quantitative estimate of drug-likeness (QED) is 0.630. The van der Waals surface area contributed by atoms with Crippen molar-refractivity contribution < 1.29 is 0 Å². The first-order chi connectivity index (χ1) is 5.63. The third-order valence-electron chi connectivity index (χ3n) is 2.17. The molecule has 0 aromatic heterocycles. The predicted octanol–water partition coefficient (Wildman–Crippen LogP) is 1.87. The Morgan fingerprint density at radius 1 is 1.50 bits per heavy atom. The van der Waals surface area contributed by atoms with Crippen LogP contribution in [0.2, 0.25) is 0 Å². The van der Waals surface area contributed by atoms with Crippen LogP contribution in [-0.2, 0) is 0 Å². The standard InChI is InChI=1S/C6H12N2.C4H10/c1-4-3-8-5(2)6(4)7;1-3-4-2/h4,6,8H,2-3,7H2,1H3;3-4H2,1-2H3. The summed E-state index contributed by atoms with van der Waals surface area (Å²) in [7, 11) is 0. The first kappa shape index (κ1) is 11.5. The number of nitrogens with two attached hydrogens (primary N) is 1. The molecule has 1 aliphatic rings. The summed E-state index contributed by atoms with van der Waals surface area (Å²) in [5.74, 6) is 0.558. The fraction of sp³-hybridized carbons (Fsp3) is 0.800. The van der Waals surface area contributed by atoms with Crippen LogP contribution in [0, 0.1) is 5.92 Å². The number of hydrogen-bond acceptors (Lipinski definition) is 2. The number of rotatable bonds is 1. The Bertz CT molecular complexity index is 130. The third kappa shape index (κ3) is 3.77. The average molecular weight is 170 g/mol. The molecule has 1 heterocycles. The van der Waals surface area contributed by atoms with E-state index in [1.54, 1.807) is 0 Å². The van der Waals surface area contributed by atoms with Crippen molar-refractivity contribution in [3.63, 3.8) is 0 Å². The number of unbranched alkanes of at least 4 members (excludes halogenated alkanes) is 1. The molecule has 0 saturated carbocycles. The van der Waals surface area contributed by atoms with Gasteiger partial charge in [0.25, 0.3) is 0 Å². The van der Waals surface area contributed by atoms with Crippen molar-refractivity contribution in [2.45, 2.75) is 39.7 Å². The zero-order valence-electron chi connectivity index (χ0n) is 8.56. The van der Waals surface area contributed by atoms with Crippen LogP contribution in [-0.4, -0.2) is 12.6 Å². The molecule has 0 radical (unpaired) electrons. The van der Waals surface area contributed by atoms with E-state index in [4.69, 9.17) is 5.73 Å². The molecule has 1 saturated heterocycles. The molecule has 1 rings (SSSR count). The molecule has 2 unspecified atom stereocenters. The van der Waals surface area contributed by atoms with E-state index in [-0.39, 0.29) is 6.04 Å². The van der Waals surface area contributed by atoms with Gasteiger partial charge in [-0.1, -0.05) is 40.2 Å². The number of nitrogens with one attached hydrogen (secondary N) is 1. The van der Waals surface area contributed by atoms with E-state index in [0.717, 1.165) is 12.2 Å². The lowest BCUT2D eigenvalue weighted by Crippen LogP contribution is -2.24. The summed E-state index contributed by atoms with van der Waals surface area (Å²) >= 11 is 0. The molecule has 72 valence electrons. The minimum Gasteiger partial charge on any atom is -0.387 e. The summed E-state index contributed by atoms with van der Waals surface area (Å²) in [6.07, 6.45) is 2.64. The summed E-state index contributed by atoms with van der Waals surface area (Å²) in [5.41, 5.74) is 6.64. The van der Waals surface area contributed by atoms with Gasteiger partial charge in [0.1, 0.15) is 0 Å². The van der Waals surface area contributed by atoms with Gasteiger partial charge in [0.15, 0.2) is 0 Å². The third-order valence-corrected chi connectivity index (χ3v) is 2.17. The second-order valence-corrected chi connectivity index (χ2v) is 3.41. The van der Waals surface area contributed by atoms with Gasteiger partial charge in [-0.05, 0) is 5.92 Å². The molecule has 0 amide bonds. The maximum atomic E-state index is 5.66. The highest BCUT2D eigenvalue weighted by Crippen LogP contribution is 2.12. The van der Waals surface area contributed by atoms with Crippen LogP contribution in [0.15, 0.2) is 12.3 Å². The Labute approximate surface area is 76.2 Å². The van der Waals surface area contributed by atoms with Crippen molar-refractivity contribution in [1.29, 1.82) is 0 Å². The maximum Gasteiger partial charge on any atom is 0.0481 e. The molecule has 1 aliphatic heterocycles. The van der Waals surface area contributed by atoms with Crippen LogP contribution in [0.25, 0.3) is 0 Å². The van der Waals surface area contributed by atoms with Crippen molar-refractivity contribution in [3.05, 3.63) is 12.3 Å². The maximum absolute atomic E-state index is 5.66. The van der Waals surface area contributed by atoms with Crippen LogP contribution >= 0.6 is 0 Å². The first-order valence-corrected chi connectivity index (χ1v) is 4.81. The van der Waals surface area contributed by atoms with E-state index in [9.17, 15) is 0 Å². The fourth-order valence-corrected chi connectivity index (χ4v) is 0.880. The molecule has 0 aromatic rings. The Balaban J connectivity index is 0.000000261. The second kappa shape index (κ2) is 6.06. The molecule has 2 heteroatoms. The molecular weight excluding hydrogens is 148 g/mol. The normalized spacial score (nSPS) is 27.5. The summed E-state index contributed by atoms with van der Waals surface area (Å²) in [6.45, 7) is 11.2. The average Bonchev–Trinajstić information content (AvgIpc) is 2.37. The van der Waals surface area contributed by atoms with E-state index in [0.29, 0.717) is 5.92 Å². The molecule has 0 bridgehead atoms. The van der Waals surface area contributed by atoms with Crippen LogP contribution in [0.3, 0.4) is 0 Å². The molecule has 12 heavy (non-hydrogen) atoms. The van der Waals surface area contributed by atoms with Crippen molar-refractivity contribution in [2.24, 2.45) is 11.7 Å². The van der Waals surface area contributed by atoms with Gasteiger partial charge in [-0.25, -0.2) is 0 Å². The highest BCUT2D eigenvalue weighted by atomic mass is 15.0. The minimum absolute atomic E-state index is 0.176. The van der Waals surface area contributed by atoms with Crippen molar-refractivity contribution in [2.75, 3.05) is 6.54 Å². The van der Waals surface area contributed by atoms with Gasteiger partial charge in [-0.3, -0.25) is 0 Å². The van der Waals surface area contributed by atoms with Gasteiger partial charge in [0.05, 0.1) is 0 Å². The van der Waals surface area contributed by atoms with Gasteiger partial charge in [-0.15, -0.1) is 0 Å². The van der Waals surface area contributed by atoms with Crippen molar-refractivity contribution in [3.8, 4) is 0 Å². The minimum atomic E-state index is 0.176. The zero-order chi connectivity index (χ0) is 9.56. The smallest absolute Gasteiger partial charge is 0.0481 e. The Morgan fingerprint density at radius 3 is 2.08 bits per heavy atom. The van der Waals surface area contributed by atoms with E-state index in [1.165, 1.54) is 12.8 Å². The van der Waals surface area contributed by atoms with E-state index in [2.05, 4.69) is 32.7 Å². The van der Waals surface area contributed by atoms with E-state index >= 15 is 0 Å². The van der Waals surface area contributed by atoms with Crippen molar-refractivity contribution in [1.82, 2.24) is 5.32 Å². The first-order valence-electron chi connectivity index (χ1n) is 4.81. The van der Waals surface area contributed by atoms with Gasteiger partial charge >= 0.3 is 0 Å². The molecule has 2 atom stereocenters. The Hall–Kier alpha value is -0.500. The zero-order valence-corrected chi connectivity index (χ0v) is 8.56. The largest absolute Gasteiger partial charge is 0.387 e. The second-order valence-electron chi connectivity index (χ2n) is 3.41. The van der Waals surface area contributed by atoms with Crippen LogP contribution in [0.4, 0.5) is 0 Å². The van der Waals surface area contributed by atoms with Crippen LogP contribution in [0.1, 0.15) is 33.6 Å². The van der Waals surface area contributed by atoms with Gasteiger partial charge < -0.3 is 11.1 Å². The molecule has 0 spiro atoms. The molecule has 3 N–H and O–H groups in total. The molecular formula is C10H22N2. The molecule has 1 fully saturated rings. The molecule has 2 nitrogen and oxygen atoms in total. The summed E-state index contributed by atoms with van der Waals surface area (Å²) in [4.78, 5) is 0. The lowest BCUT2D eigenvalue weighted by molar-refractivity contribution is 0.580. The Kier molecular flexibility index (Phi) is 5.81. The van der Waals surface area contributed by atoms with Crippen LogP contribution in [0.5, 0.6) is 0 Å². The lowest BCUT2D eigenvalue weighted by Gasteiger charge is -2.05.